The number of nitrogens with zero attached hydrogens (tertiary/aromatic N) is 3. The summed E-state index contributed by atoms with van der Waals surface area (Å²) in [6.07, 6.45) is 4.75. The molecule has 0 aromatic carbocycles. The third kappa shape index (κ3) is 2.62. The fraction of sp³-hybridized carbons (Fsp3) is 0.455. The highest BCUT2D eigenvalue weighted by molar-refractivity contribution is 5.80. The van der Waals surface area contributed by atoms with Crippen molar-refractivity contribution in [1.29, 1.82) is 0 Å². The summed E-state index contributed by atoms with van der Waals surface area (Å²) >= 11 is 0. The Morgan fingerprint density at radius 2 is 2.38 bits per heavy atom. The maximum atomic E-state index is 8.50. The summed E-state index contributed by atoms with van der Waals surface area (Å²) in [6.45, 7) is 0.748. The number of nitrogens with two attached hydrogens (primary N) is 1. The fourth-order valence-electron chi connectivity index (χ4n) is 1.68. The summed E-state index contributed by atoms with van der Waals surface area (Å²) in [5.41, 5.74) is 5.47. The first-order chi connectivity index (χ1) is 7.81. The number of oxime groups is 1. The quantitative estimate of drug-likeness (QED) is 0.338. The molecule has 0 saturated heterocycles. The van der Waals surface area contributed by atoms with E-state index >= 15 is 0 Å². The lowest BCUT2D eigenvalue weighted by molar-refractivity contribution is 0.317. The van der Waals surface area contributed by atoms with Crippen molar-refractivity contribution in [3.8, 4) is 0 Å². The Hall–Kier alpha value is -1.78. The van der Waals surface area contributed by atoms with Gasteiger partial charge in [-0.25, -0.2) is 4.98 Å². The molecular weight excluding hydrogens is 204 g/mol. The SMILES string of the molecule is NC(CCN(c1ccccn1)C1CC1)=NO. The van der Waals surface area contributed by atoms with E-state index in [1.54, 1.807) is 6.20 Å². The minimum Gasteiger partial charge on any atom is -0.409 e. The predicted molar refractivity (Wildman–Crippen MR) is 62.6 cm³/mol. The number of hydrogen-bond donors (Lipinski definition) is 2. The van der Waals surface area contributed by atoms with Gasteiger partial charge < -0.3 is 15.8 Å². The fourth-order valence-corrected chi connectivity index (χ4v) is 1.68. The molecule has 1 fully saturated rings. The van der Waals surface area contributed by atoms with Gasteiger partial charge >= 0.3 is 0 Å². The van der Waals surface area contributed by atoms with Crippen molar-refractivity contribution >= 4 is 11.7 Å². The van der Waals surface area contributed by atoms with Crippen molar-refractivity contribution in [3.05, 3.63) is 24.4 Å². The third-order valence-corrected chi connectivity index (χ3v) is 2.67. The number of pyridine rings is 1. The number of anilines is 1. The van der Waals surface area contributed by atoms with Crippen LogP contribution in [-0.4, -0.2) is 28.6 Å². The summed E-state index contributed by atoms with van der Waals surface area (Å²) in [6, 6.07) is 6.44. The van der Waals surface area contributed by atoms with Crippen molar-refractivity contribution in [1.82, 2.24) is 4.98 Å². The van der Waals surface area contributed by atoms with Crippen LogP contribution in [-0.2, 0) is 0 Å². The van der Waals surface area contributed by atoms with Crippen LogP contribution in [0.3, 0.4) is 0 Å². The van der Waals surface area contributed by atoms with Crippen LogP contribution < -0.4 is 10.6 Å². The molecule has 0 unspecified atom stereocenters. The van der Waals surface area contributed by atoms with Gasteiger partial charge in [-0.15, -0.1) is 0 Å². The number of amidine groups is 1. The molecule has 1 aliphatic rings. The summed E-state index contributed by atoms with van der Waals surface area (Å²) in [5.74, 6) is 1.23. The van der Waals surface area contributed by atoms with Crippen molar-refractivity contribution in [3.63, 3.8) is 0 Å². The van der Waals surface area contributed by atoms with E-state index in [2.05, 4.69) is 15.0 Å². The minimum absolute atomic E-state index is 0.265. The molecule has 86 valence electrons. The molecule has 0 bridgehead atoms. The zero-order valence-electron chi connectivity index (χ0n) is 9.08. The van der Waals surface area contributed by atoms with E-state index in [0.29, 0.717) is 12.5 Å². The largest absolute Gasteiger partial charge is 0.409 e. The molecule has 16 heavy (non-hydrogen) atoms. The lowest BCUT2D eigenvalue weighted by Gasteiger charge is -2.22. The molecule has 5 heteroatoms. The van der Waals surface area contributed by atoms with Gasteiger partial charge in [0, 0.05) is 25.2 Å². The van der Waals surface area contributed by atoms with Crippen LogP contribution in [0.4, 0.5) is 5.82 Å². The average Bonchev–Trinajstić information content (AvgIpc) is 3.15. The first-order valence-electron chi connectivity index (χ1n) is 5.45. The van der Waals surface area contributed by atoms with Gasteiger partial charge in [0.1, 0.15) is 11.7 Å². The molecule has 3 N–H and O–H groups in total. The van der Waals surface area contributed by atoms with Crippen LogP contribution in [0.1, 0.15) is 19.3 Å². The molecule has 5 nitrogen and oxygen atoms in total. The van der Waals surface area contributed by atoms with Crippen LogP contribution in [0.2, 0.25) is 0 Å². The molecule has 2 rings (SSSR count). The monoisotopic (exact) mass is 220 g/mol. The van der Waals surface area contributed by atoms with E-state index in [4.69, 9.17) is 10.9 Å². The van der Waals surface area contributed by atoms with Crippen LogP contribution >= 0.6 is 0 Å². The second-order valence-corrected chi connectivity index (χ2v) is 3.95. The molecule has 0 radical (unpaired) electrons. The standard InChI is InChI=1S/C11H16N4O/c12-10(14-16)6-8-15(9-4-5-9)11-3-1-2-7-13-11/h1-3,7,9,16H,4-6,8H2,(H2,12,14). The highest BCUT2D eigenvalue weighted by Gasteiger charge is 2.29. The van der Waals surface area contributed by atoms with Crippen molar-refractivity contribution < 1.29 is 5.21 Å². The average molecular weight is 220 g/mol. The van der Waals surface area contributed by atoms with E-state index in [0.717, 1.165) is 12.4 Å². The van der Waals surface area contributed by atoms with E-state index in [1.165, 1.54) is 12.8 Å². The molecule has 1 aliphatic carbocycles. The summed E-state index contributed by atoms with van der Waals surface area (Å²) in [4.78, 5) is 6.55. The Morgan fingerprint density at radius 3 is 2.94 bits per heavy atom. The van der Waals surface area contributed by atoms with Crippen LogP contribution in [0.25, 0.3) is 0 Å². The maximum absolute atomic E-state index is 8.50. The topological polar surface area (TPSA) is 74.7 Å². The van der Waals surface area contributed by atoms with Crippen molar-refractivity contribution in [2.24, 2.45) is 10.9 Å². The summed E-state index contributed by atoms with van der Waals surface area (Å²) in [5, 5.41) is 11.5. The predicted octanol–water partition coefficient (Wildman–Crippen LogP) is 1.19. The molecule has 0 spiro atoms. The van der Waals surface area contributed by atoms with Crippen molar-refractivity contribution in [2.45, 2.75) is 25.3 Å². The number of rotatable bonds is 5. The zero-order valence-corrected chi connectivity index (χ0v) is 9.08. The summed E-state index contributed by atoms with van der Waals surface area (Å²) < 4.78 is 0. The van der Waals surface area contributed by atoms with Crippen LogP contribution in [0.5, 0.6) is 0 Å². The van der Waals surface area contributed by atoms with E-state index in [-0.39, 0.29) is 5.84 Å². The van der Waals surface area contributed by atoms with Gasteiger partial charge in [-0.3, -0.25) is 0 Å². The van der Waals surface area contributed by atoms with E-state index < -0.39 is 0 Å². The Labute approximate surface area is 94.6 Å². The summed E-state index contributed by atoms with van der Waals surface area (Å²) in [7, 11) is 0. The molecule has 1 aromatic heterocycles. The van der Waals surface area contributed by atoms with Crippen LogP contribution in [0, 0.1) is 0 Å². The van der Waals surface area contributed by atoms with E-state index in [9.17, 15) is 0 Å². The first kappa shape index (κ1) is 10.7. The molecular formula is C11H16N4O. The van der Waals surface area contributed by atoms with Crippen LogP contribution in [0.15, 0.2) is 29.6 Å². The Balaban J connectivity index is 2.01. The highest BCUT2D eigenvalue weighted by Crippen LogP contribution is 2.30. The van der Waals surface area contributed by atoms with Gasteiger partial charge in [-0.2, -0.15) is 0 Å². The van der Waals surface area contributed by atoms with Gasteiger partial charge in [-0.1, -0.05) is 11.2 Å². The molecule has 0 atom stereocenters. The lowest BCUT2D eigenvalue weighted by atomic mass is 10.3. The minimum atomic E-state index is 0.265. The molecule has 0 aliphatic heterocycles. The van der Waals surface area contributed by atoms with Gasteiger partial charge in [0.05, 0.1) is 0 Å². The third-order valence-electron chi connectivity index (χ3n) is 2.67. The second-order valence-electron chi connectivity index (χ2n) is 3.95. The number of aromatic nitrogens is 1. The normalized spacial score (nSPS) is 16.1. The number of hydrogen-bond acceptors (Lipinski definition) is 4. The van der Waals surface area contributed by atoms with Gasteiger partial charge in [-0.05, 0) is 25.0 Å². The van der Waals surface area contributed by atoms with Crippen molar-refractivity contribution in [2.75, 3.05) is 11.4 Å². The zero-order chi connectivity index (χ0) is 11.4. The molecule has 0 amide bonds. The molecule has 1 heterocycles. The van der Waals surface area contributed by atoms with E-state index in [1.807, 2.05) is 18.2 Å². The Kier molecular flexibility index (Phi) is 3.24. The van der Waals surface area contributed by atoms with Gasteiger partial charge in [0.25, 0.3) is 0 Å². The van der Waals surface area contributed by atoms with Gasteiger partial charge in [0.15, 0.2) is 0 Å². The first-order valence-corrected chi connectivity index (χ1v) is 5.45. The second kappa shape index (κ2) is 4.83. The van der Waals surface area contributed by atoms with Gasteiger partial charge in [0.2, 0.25) is 0 Å². The lowest BCUT2D eigenvalue weighted by Crippen LogP contribution is -2.30. The molecule has 1 aromatic rings. The Bertz CT molecular complexity index is 362. The highest BCUT2D eigenvalue weighted by atomic mass is 16.4. The maximum Gasteiger partial charge on any atom is 0.140 e. The Morgan fingerprint density at radius 1 is 1.56 bits per heavy atom. The molecule has 1 saturated carbocycles. The smallest absolute Gasteiger partial charge is 0.140 e.